The molecule has 138 valence electrons. The second kappa shape index (κ2) is 8.80. The van der Waals surface area contributed by atoms with E-state index in [4.69, 9.17) is 4.99 Å². The highest BCUT2D eigenvalue weighted by molar-refractivity contribution is 7.09. The first kappa shape index (κ1) is 18.4. The molecule has 0 bridgehead atoms. The van der Waals surface area contributed by atoms with E-state index in [1.165, 1.54) is 0 Å². The summed E-state index contributed by atoms with van der Waals surface area (Å²) in [6.45, 7) is 6.21. The Morgan fingerprint density at radius 2 is 2.23 bits per heavy atom. The minimum absolute atomic E-state index is 0.0563. The van der Waals surface area contributed by atoms with E-state index in [2.05, 4.69) is 32.4 Å². The quantitative estimate of drug-likeness (QED) is 0.539. The van der Waals surface area contributed by atoms with E-state index < -0.39 is 0 Å². The molecule has 0 spiro atoms. The van der Waals surface area contributed by atoms with Crippen LogP contribution >= 0.6 is 11.3 Å². The highest BCUT2D eigenvalue weighted by Crippen LogP contribution is 2.31. The van der Waals surface area contributed by atoms with Crippen LogP contribution in [0.5, 0.6) is 0 Å². The first-order valence-corrected chi connectivity index (χ1v) is 9.85. The van der Waals surface area contributed by atoms with Crippen LogP contribution in [0.1, 0.15) is 35.5 Å². The van der Waals surface area contributed by atoms with Crippen molar-refractivity contribution in [1.29, 1.82) is 0 Å². The van der Waals surface area contributed by atoms with E-state index in [1.54, 1.807) is 11.3 Å². The first-order chi connectivity index (χ1) is 12.7. The monoisotopic (exact) mass is 371 g/mol. The lowest BCUT2D eigenvalue weighted by Gasteiger charge is -2.24. The summed E-state index contributed by atoms with van der Waals surface area (Å²) in [4.78, 5) is 21.1. The average molecular weight is 372 g/mol. The summed E-state index contributed by atoms with van der Waals surface area (Å²) in [6.07, 6.45) is 1.33. The van der Waals surface area contributed by atoms with Gasteiger partial charge in [0, 0.05) is 42.9 Å². The van der Waals surface area contributed by atoms with Gasteiger partial charge in [0.2, 0.25) is 5.91 Å². The molecule has 3 rings (SSSR count). The Labute approximate surface area is 158 Å². The molecule has 1 aliphatic heterocycles. The minimum atomic E-state index is 0.0563. The summed E-state index contributed by atoms with van der Waals surface area (Å²) < 4.78 is 0. The molecule has 2 heterocycles. The van der Waals surface area contributed by atoms with Gasteiger partial charge in [0.05, 0.1) is 17.2 Å². The van der Waals surface area contributed by atoms with Gasteiger partial charge in [0.25, 0.3) is 0 Å². The van der Waals surface area contributed by atoms with Crippen LogP contribution in [0.4, 0.5) is 5.69 Å². The van der Waals surface area contributed by atoms with Crippen LogP contribution < -0.4 is 16.0 Å². The van der Waals surface area contributed by atoms with Gasteiger partial charge in [0.15, 0.2) is 5.96 Å². The number of benzene rings is 1. The Bertz CT molecular complexity index is 786. The lowest BCUT2D eigenvalue weighted by molar-refractivity contribution is -0.116. The highest BCUT2D eigenvalue weighted by atomic mass is 32.1. The molecule has 1 aromatic heterocycles. The molecule has 1 unspecified atom stereocenters. The zero-order chi connectivity index (χ0) is 18.4. The van der Waals surface area contributed by atoms with Gasteiger partial charge in [0.1, 0.15) is 0 Å². The second-order valence-corrected chi connectivity index (χ2v) is 7.35. The first-order valence-electron chi connectivity index (χ1n) is 8.97. The third-order valence-electron chi connectivity index (χ3n) is 4.26. The minimum Gasteiger partial charge on any atom is -0.357 e. The number of hydrogen-bond acceptors (Lipinski definition) is 4. The van der Waals surface area contributed by atoms with Crippen LogP contribution in [-0.4, -0.2) is 36.5 Å². The maximum absolute atomic E-state index is 11.9. The third-order valence-corrected chi connectivity index (χ3v) is 5.08. The van der Waals surface area contributed by atoms with Crippen molar-refractivity contribution >= 4 is 28.9 Å². The number of guanidine groups is 1. The van der Waals surface area contributed by atoms with Crippen LogP contribution in [0.15, 0.2) is 34.6 Å². The van der Waals surface area contributed by atoms with Crippen LogP contribution in [0.2, 0.25) is 0 Å². The topological polar surface area (TPSA) is 78.4 Å². The van der Waals surface area contributed by atoms with Gasteiger partial charge in [-0.15, -0.1) is 11.3 Å². The van der Waals surface area contributed by atoms with Crippen molar-refractivity contribution in [3.05, 3.63) is 45.9 Å². The summed E-state index contributed by atoms with van der Waals surface area (Å²) in [7, 11) is 0. The zero-order valence-corrected chi connectivity index (χ0v) is 16.0. The maximum Gasteiger partial charge on any atom is 0.225 e. The lowest BCUT2D eigenvalue weighted by atomic mass is 9.91. The molecule has 26 heavy (non-hydrogen) atoms. The second-order valence-electron chi connectivity index (χ2n) is 6.29. The number of rotatable bonds is 6. The fraction of sp³-hybridized carbons (Fsp3) is 0.421. The van der Waals surface area contributed by atoms with Crippen molar-refractivity contribution in [3.8, 4) is 0 Å². The predicted octanol–water partition coefficient (Wildman–Crippen LogP) is 2.68. The molecule has 0 radical (unpaired) electrons. The fourth-order valence-corrected chi connectivity index (χ4v) is 3.69. The van der Waals surface area contributed by atoms with Gasteiger partial charge in [-0.05, 0) is 25.5 Å². The lowest BCUT2D eigenvalue weighted by Crippen LogP contribution is -2.39. The van der Waals surface area contributed by atoms with Crippen molar-refractivity contribution in [2.75, 3.05) is 25.0 Å². The molecule has 2 aromatic rings. The number of fused-ring (bicyclic) bond motifs is 1. The number of nitrogens with zero attached hydrogens (tertiary/aromatic N) is 2. The van der Waals surface area contributed by atoms with Gasteiger partial charge >= 0.3 is 0 Å². The van der Waals surface area contributed by atoms with E-state index in [9.17, 15) is 4.79 Å². The zero-order valence-electron chi connectivity index (χ0n) is 15.2. The molecule has 0 saturated carbocycles. The number of carbonyl (C=O) groups is 1. The van der Waals surface area contributed by atoms with E-state index >= 15 is 0 Å². The van der Waals surface area contributed by atoms with Crippen molar-refractivity contribution in [1.82, 2.24) is 15.6 Å². The van der Waals surface area contributed by atoms with Gasteiger partial charge in [-0.2, -0.15) is 0 Å². The Balaban J connectivity index is 1.61. The number of aromatic nitrogens is 1. The summed E-state index contributed by atoms with van der Waals surface area (Å²) >= 11 is 1.67. The van der Waals surface area contributed by atoms with Crippen molar-refractivity contribution < 1.29 is 4.79 Å². The molecule has 0 fully saturated rings. The van der Waals surface area contributed by atoms with E-state index in [1.807, 2.05) is 32.0 Å². The summed E-state index contributed by atoms with van der Waals surface area (Å²) in [5, 5.41) is 12.7. The fourth-order valence-electron chi connectivity index (χ4n) is 3.04. The SMILES string of the molecule is CCNC(=NCC1CC(=O)Nc2ccccc21)NCCc1csc(C)n1. The number of nitrogens with one attached hydrogen (secondary N) is 3. The number of carbonyl (C=O) groups excluding carboxylic acids is 1. The largest absolute Gasteiger partial charge is 0.357 e. The van der Waals surface area contributed by atoms with E-state index in [0.717, 1.165) is 47.4 Å². The molecule has 0 aliphatic carbocycles. The van der Waals surface area contributed by atoms with Gasteiger partial charge in [-0.25, -0.2) is 4.98 Å². The van der Waals surface area contributed by atoms with Crippen LogP contribution in [0, 0.1) is 6.92 Å². The van der Waals surface area contributed by atoms with Crippen molar-refractivity contribution in [3.63, 3.8) is 0 Å². The molecule has 3 N–H and O–H groups in total. The standard InChI is InChI=1S/C19H25N5OS/c1-3-20-19(21-9-8-15-12-26-13(2)23-15)22-11-14-10-18(25)24-17-7-5-4-6-16(14)17/h4-7,12,14H,3,8-11H2,1-2H3,(H,24,25)(H2,20,21,22). The van der Waals surface area contributed by atoms with Crippen molar-refractivity contribution in [2.24, 2.45) is 4.99 Å². The molecule has 6 nitrogen and oxygen atoms in total. The Morgan fingerprint density at radius 1 is 1.38 bits per heavy atom. The molecule has 0 saturated heterocycles. The predicted molar refractivity (Wildman–Crippen MR) is 107 cm³/mol. The molecule has 7 heteroatoms. The highest BCUT2D eigenvalue weighted by Gasteiger charge is 2.24. The van der Waals surface area contributed by atoms with Gasteiger partial charge in [-0.3, -0.25) is 9.79 Å². The number of thiazole rings is 1. The third kappa shape index (κ3) is 4.82. The molecular formula is C19H25N5OS. The Kier molecular flexibility index (Phi) is 6.22. The number of aryl methyl sites for hydroxylation is 1. The summed E-state index contributed by atoms with van der Waals surface area (Å²) in [5.41, 5.74) is 3.17. The Hall–Kier alpha value is -2.41. The number of amides is 1. The van der Waals surface area contributed by atoms with Gasteiger partial charge in [-0.1, -0.05) is 18.2 Å². The van der Waals surface area contributed by atoms with Crippen LogP contribution in [0.25, 0.3) is 0 Å². The Morgan fingerprint density at radius 3 is 3.00 bits per heavy atom. The molecule has 1 atom stereocenters. The van der Waals surface area contributed by atoms with E-state index in [0.29, 0.717) is 13.0 Å². The van der Waals surface area contributed by atoms with Gasteiger partial charge < -0.3 is 16.0 Å². The number of hydrogen-bond donors (Lipinski definition) is 3. The average Bonchev–Trinajstić information content (AvgIpc) is 3.04. The number of para-hydroxylation sites is 1. The van der Waals surface area contributed by atoms with E-state index in [-0.39, 0.29) is 11.8 Å². The van der Waals surface area contributed by atoms with Crippen LogP contribution in [0.3, 0.4) is 0 Å². The van der Waals surface area contributed by atoms with Crippen molar-refractivity contribution in [2.45, 2.75) is 32.6 Å². The number of anilines is 1. The molecular weight excluding hydrogens is 346 g/mol. The maximum atomic E-state index is 11.9. The molecule has 1 aliphatic rings. The smallest absolute Gasteiger partial charge is 0.225 e. The summed E-state index contributed by atoms with van der Waals surface area (Å²) in [6, 6.07) is 7.96. The normalized spacial score (nSPS) is 16.8. The molecule has 1 aromatic carbocycles. The van der Waals surface area contributed by atoms with Crippen LogP contribution in [-0.2, 0) is 11.2 Å². The number of aliphatic imine (C=N–C) groups is 1. The molecule has 1 amide bonds. The summed E-state index contributed by atoms with van der Waals surface area (Å²) in [5.74, 6) is 0.945.